The number of aryl methyl sites for hydroxylation is 1. The van der Waals surface area contributed by atoms with Gasteiger partial charge in [0.15, 0.2) is 0 Å². The fraction of sp³-hybridized carbons (Fsp3) is 0.355. The van der Waals surface area contributed by atoms with Crippen LogP contribution in [-0.4, -0.2) is 50.9 Å². The molecule has 0 unspecified atom stereocenters. The summed E-state index contributed by atoms with van der Waals surface area (Å²) in [6.07, 6.45) is 1.08. The van der Waals surface area contributed by atoms with Gasteiger partial charge >= 0.3 is 0 Å². The van der Waals surface area contributed by atoms with Crippen molar-refractivity contribution in [3.63, 3.8) is 0 Å². The van der Waals surface area contributed by atoms with Crippen LogP contribution in [0.15, 0.2) is 77.7 Å². The fourth-order valence-electron chi connectivity index (χ4n) is 4.31. The van der Waals surface area contributed by atoms with Crippen molar-refractivity contribution in [3.8, 4) is 5.75 Å². The van der Waals surface area contributed by atoms with Crippen molar-refractivity contribution >= 4 is 39.1 Å². The van der Waals surface area contributed by atoms with Gasteiger partial charge < -0.3 is 15.0 Å². The molecule has 0 aliphatic rings. The average Bonchev–Trinajstić information content (AvgIpc) is 2.96. The van der Waals surface area contributed by atoms with E-state index < -0.39 is 28.5 Å². The van der Waals surface area contributed by atoms with E-state index >= 15 is 0 Å². The van der Waals surface area contributed by atoms with E-state index in [0.717, 1.165) is 21.9 Å². The zero-order valence-corrected chi connectivity index (χ0v) is 25.7. The SMILES string of the molecule is CC[C@@H](C)NC(=O)[C@@H](CC)N(Cc1ccc(C)cc1)C(=O)CN(c1ccc(OC)c(Cl)c1)S(=O)(=O)c1ccccc1. The molecule has 0 aromatic heterocycles. The number of hydrogen-bond donors (Lipinski definition) is 1. The summed E-state index contributed by atoms with van der Waals surface area (Å²) in [5.41, 5.74) is 2.08. The third kappa shape index (κ3) is 8.01. The molecule has 0 aliphatic heterocycles. The Morgan fingerprint density at radius 1 is 0.976 bits per heavy atom. The Morgan fingerprint density at radius 3 is 2.20 bits per heavy atom. The number of nitrogens with zero attached hydrogens (tertiary/aromatic N) is 2. The van der Waals surface area contributed by atoms with E-state index in [2.05, 4.69) is 5.32 Å². The third-order valence-electron chi connectivity index (χ3n) is 6.89. The van der Waals surface area contributed by atoms with Crippen molar-refractivity contribution in [3.05, 3.63) is 88.9 Å². The maximum absolute atomic E-state index is 14.1. The highest BCUT2D eigenvalue weighted by molar-refractivity contribution is 7.92. The van der Waals surface area contributed by atoms with Crippen LogP contribution in [0.25, 0.3) is 0 Å². The van der Waals surface area contributed by atoms with Crippen molar-refractivity contribution in [1.29, 1.82) is 0 Å². The standard InChI is InChI=1S/C31H38ClN3O5S/c1-6-23(4)33-31(37)28(7-2)34(20-24-15-13-22(3)14-16-24)30(36)21-35(25-17-18-29(40-5)27(32)19-25)41(38,39)26-11-9-8-10-12-26/h8-19,23,28H,6-7,20-21H2,1-5H3,(H,33,37)/t23-,28-/m1/s1. The van der Waals surface area contributed by atoms with Crippen LogP contribution in [-0.2, 0) is 26.2 Å². The highest BCUT2D eigenvalue weighted by atomic mass is 35.5. The van der Waals surface area contributed by atoms with Gasteiger partial charge in [0.2, 0.25) is 11.8 Å². The number of methoxy groups -OCH3 is 1. The minimum Gasteiger partial charge on any atom is -0.495 e. The lowest BCUT2D eigenvalue weighted by atomic mass is 10.1. The second-order valence-electron chi connectivity index (χ2n) is 9.89. The molecular formula is C31H38ClN3O5S. The molecule has 8 nitrogen and oxygen atoms in total. The number of benzene rings is 3. The zero-order chi connectivity index (χ0) is 30.2. The first kappa shape index (κ1) is 32.0. The van der Waals surface area contributed by atoms with E-state index in [1.807, 2.05) is 52.0 Å². The largest absolute Gasteiger partial charge is 0.495 e. The van der Waals surface area contributed by atoms with Gasteiger partial charge in [-0.1, -0.05) is 73.5 Å². The quantitative estimate of drug-likeness (QED) is 0.277. The van der Waals surface area contributed by atoms with Gasteiger partial charge in [0.05, 0.1) is 22.7 Å². The molecule has 1 N–H and O–H groups in total. The second kappa shape index (κ2) is 14.4. The van der Waals surface area contributed by atoms with E-state index in [9.17, 15) is 18.0 Å². The molecule has 2 amide bonds. The van der Waals surface area contributed by atoms with Crippen molar-refractivity contribution < 1.29 is 22.7 Å². The van der Waals surface area contributed by atoms with E-state index in [4.69, 9.17) is 16.3 Å². The van der Waals surface area contributed by atoms with Gasteiger partial charge in [0.1, 0.15) is 18.3 Å². The van der Waals surface area contributed by atoms with Crippen LogP contribution >= 0.6 is 11.6 Å². The summed E-state index contributed by atoms with van der Waals surface area (Å²) < 4.78 is 34.1. The van der Waals surface area contributed by atoms with Crippen molar-refractivity contribution in [2.24, 2.45) is 0 Å². The van der Waals surface area contributed by atoms with Gasteiger partial charge in [-0.15, -0.1) is 0 Å². The molecule has 0 fully saturated rings. The van der Waals surface area contributed by atoms with Gasteiger partial charge in [-0.3, -0.25) is 13.9 Å². The smallest absolute Gasteiger partial charge is 0.264 e. The Balaban J connectivity index is 2.08. The number of nitrogens with one attached hydrogen (secondary N) is 1. The van der Waals surface area contributed by atoms with Gasteiger partial charge in [-0.25, -0.2) is 8.42 Å². The summed E-state index contributed by atoms with van der Waals surface area (Å²) in [5.74, 6) is -0.442. The lowest BCUT2D eigenvalue weighted by Gasteiger charge is -2.33. The first-order valence-corrected chi connectivity index (χ1v) is 15.4. The average molecular weight is 600 g/mol. The number of carbonyl (C=O) groups excluding carboxylic acids is 2. The van der Waals surface area contributed by atoms with Crippen LogP contribution in [0.3, 0.4) is 0 Å². The molecule has 41 heavy (non-hydrogen) atoms. The zero-order valence-electron chi connectivity index (χ0n) is 24.1. The minimum absolute atomic E-state index is 0.0198. The number of ether oxygens (including phenoxy) is 1. The van der Waals surface area contributed by atoms with Crippen LogP contribution in [0.2, 0.25) is 5.02 Å². The normalized spacial score (nSPS) is 12.7. The maximum Gasteiger partial charge on any atom is 0.264 e. The molecule has 2 atom stereocenters. The molecule has 3 rings (SSSR count). The van der Waals surface area contributed by atoms with Crippen LogP contribution in [0.4, 0.5) is 5.69 Å². The van der Waals surface area contributed by atoms with Crippen molar-refractivity contribution in [2.75, 3.05) is 18.0 Å². The van der Waals surface area contributed by atoms with E-state index in [-0.39, 0.29) is 34.1 Å². The molecule has 3 aromatic carbocycles. The topological polar surface area (TPSA) is 96.0 Å². The summed E-state index contributed by atoms with van der Waals surface area (Å²) in [4.78, 5) is 29.0. The first-order chi connectivity index (χ1) is 19.5. The summed E-state index contributed by atoms with van der Waals surface area (Å²) in [5, 5.41) is 3.17. The van der Waals surface area contributed by atoms with Gasteiger partial charge in [0.25, 0.3) is 10.0 Å². The molecule has 10 heteroatoms. The van der Waals surface area contributed by atoms with Crippen molar-refractivity contribution in [2.45, 2.75) is 64.1 Å². The molecule has 0 saturated carbocycles. The molecule has 0 aliphatic carbocycles. The second-order valence-corrected chi connectivity index (χ2v) is 12.2. The molecule has 0 bridgehead atoms. The van der Waals surface area contributed by atoms with Crippen LogP contribution in [0.1, 0.15) is 44.7 Å². The lowest BCUT2D eigenvalue weighted by Crippen LogP contribution is -2.53. The minimum atomic E-state index is -4.19. The molecule has 0 saturated heterocycles. The Hall–Kier alpha value is -3.56. The Bertz CT molecular complexity index is 1430. The highest BCUT2D eigenvalue weighted by Crippen LogP contribution is 2.32. The summed E-state index contributed by atoms with van der Waals surface area (Å²) in [6, 6.07) is 19.2. The van der Waals surface area contributed by atoms with Gasteiger partial charge in [0, 0.05) is 12.6 Å². The monoisotopic (exact) mass is 599 g/mol. The molecular weight excluding hydrogens is 562 g/mol. The predicted octanol–water partition coefficient (Wildman–Crippen LogP) is 5.57. The Kier molecular flexibility index (Phi) is 11.2. The summed E-state index contributed by atoms with van der Waals surface area (Å²) in [7, 11) is -2.73. The first-order valence-electron chi connectivity index (χ1n) is 13.6. The number of carbonyl (C=O) groups is 2. The maximum atomic E-state index is 14.1. The van der Waals surface area contributed by atoms with Crippen LogP contribution < -0.4 is 14.4 Å². The number of rotatable bonds is 13. The van der Waals surface area contributed by atoms with Gasteiger partial charge in [-0.05, 0) is 62.6 Å². The molecule has 3 aromatic rings. The fourth-order valence-corrected chi connectivity index (χ4v) is 5.99. The summed E-state index contributed by atoms with van der Waals surface area (Å²) in [6.45, 7) is 7.25. The molecule has 0 spiro atoms. The molecule has 220 valence electrons. The van der Waals surface area contributed by atoms with E-state index in [1.54, 1.807) is 24.3 Å². The van der Waals surface area contributed by atoms with Gasteiger partial charge in [-0.2, -0.15) is 0 Å². The predicted molar refractivity (Wildman–Crippen MR) is 163 cm³/mol. The Labute approximate surface area is 248 Å². The third-order valence-corrected chi connectivity index (χ3v) is 8.98. The lowest BCUT2D eigenvalue weighted by molar-refractivity contribution is -0.140. The number of halogens is 1. The molecule has 0 heterocycles. The van der Waals surface area contributed by atoms with E-state index in [0.29, 0.717) is 12.2 Å². The van der Waals surface area contributed by atoms with Crippen molar-refractivity contribution in [1.82, 2.24) is 10.2 Å². The number of anilines is 1. The highest BCUT2D eigenvalue weighted by Gasteiger charge is 2.34. The van der Waals surface area contributed by atoms with E-state index in [1.165, 1.54) is 36.3 Å². The Morgan fingerprint density at radius 2 is 1.63 bits per heavy atom. The summed E-state index contributed by atoms with van der Waals surface area (Å²) >= 11 is 6.37. The molecule has 0 radical (unpaired) electrons. The number of hydrogen-bond acceptors (Lipinski definition) is 5. The van der Waals surface area contributed by atoms with Crippen LogP contribution in [0, 0.1) is 6.92 Å². The van der Waals surface area contributed by atoms with Crippen LogP contribution in [0.5, 0.6) is 5.75 Å². The number of sulfonamides is 1. The number of amides is 2.